The summed E-state index contributed by atoms with van der Waals surface area (Å²) in [5, 5.41) is 39.3. The summed E-state index contributed by atoms with van der Waals surface area (Å²) in [6.45, 7) is 10.9. The van der Waals surface area contributed by atoms with Crippen LogP contribution in [0.25, 0.3) is 0 Å². The summed E-state index contributed by atoms with van der Waals surface area (Å²) < 4.78 is 0. The van der Waals surface area contributed by atoms with Crippen LogP contribution < -0.4 is 10.2 Å². The van der Waals surface area contributed by atoms with Crippen molar-refractivity contribution in [2.24, 2.45) is 9.98 Å². The SMILES string of the molecule is CC(=O)[O-].CC(=O)[O-].CCCCc1cc(C=NCN=Cc2cc(CCCC)cc(CCCC)c2O)c(O)c(CCCC)c1.[Co+2]. The number of carboxylic acids is 2. The van der Waals surface area contributed by atoms with Crippen LogP contribution in [0.2, 0.25) is 0 Å². The zero-order valence-electron chi connectivity index (χ0n) is 27.4. The predicted octanol–water partition coefficient (Wildman–Crippen LogP) is 5.47. The molecule has 0 saturated carbocycles. The van der Waals surface area contributed by atoms with Crippen molar-refractivity contribution in [1.82, 2.24) is 0 Å². The van der Waals surface area contributed by atoms with Gasteiger partial charge in [0.1, 0.15) is 18.2 Å². The molecular weight excluding hydrogens is 603 g/mol. The third kappa shape index (κ3) is 19.9. The molecule has 247 valence electrons. The van der Waals surface area contributed by atoms with Crippen LogP contribution in [0.15, 0.2) is 34.3 Å². The van der Waals surface area contributed by atoms with Gasteiger partial charge < -0.3 is 30.0 Å². The monoisotopic (exact) mass is 655 g/mol. The Bertz CT molecular complexity index is 1070. The molecule has 2 aromatic rings. The zero-order valence-corrected chi connectivity index (χ0v) is 28.5. The molecule has 0 aliphatic carbocycles. The molecule has 9 heteroatoms. The Kier molecular flexibility index (Phi) is 25.6. The number of hydrogen-bond acceptors (Lipinski definition) is 8. The Hall–Kier alpha value is -3.17. The van der Waals surface area contributed by atoms with E-state index >= 15 is 0 Å². The van der Waals surface area contributed by atoms with Gasteiger partial charge in [0.15, 0.2) is 0 Å². The first-order chi connectivity index (χ1) is 20.5. The second-order valence-corrected chi connectivity index (χ2v) is 10.5. The fourth-order valence-corrected chi connectivity index (χ4v) is 4.26. The van der Waals surface area contributed by atoms with E-state index in [9.17, 15) is 10.2 Å². The van der Waals surface area contributed by atoms with Crippen LogP contribution in [-0.2, 0) is 52.1 Å². The largest absolute Gasteiger partial charge is 2.00 e. The number of carbonyl (C=O) groups is 2. The minimum atomic E-state index is -1.08. The van der Waals surface area contributed by atoms with Gasteiger partial charge in [0.2, 0.25) is 0 Å². The van der Waals surface area contributed by atoms with E-state index in [0.717, 1.165) is 113 Å². The van der Waals surface area contributed by atoms with Gasteiger partial charge in [-0.25, -0.2) is 0 Å². The van der Waals surface area contributed by atoms with Crippen molar-refractivity contribution in [2.75, 3.05) is 6.67 Å². The molecule has 2 aromatic carbocycles. The summed E-state index contributed by atoms with van der Waals surface area (Å²) in [7, 11) is 0. The van der Waals surface area contributed by atoms with Crippen LogP contribution in [0.3, 0.4) is 0 Å². The molecule has 0 amide bonds. The van der Waals surface area contributed by atoms with Crippen LogP contribution in [0.5, 0.6) is 11.5 Å². The van der Waals surface area contributed by atoms with Crippen molar-refractivity contribution in [2.45, 2.75) is 119 Å². The number of rotatable bonds is 16. The smallest absolute Gasteiger partial charge is 0.550 e. The normalized spacial score (nSPS) is 10.5. The van der Waals surface area contributed by atoms with Gasteiger partial charge in [0.05, 0.1) is 0 Å². The number of aliphatic carboxylic acids is 2. The molecule has 0 unspecified atom stereocenters. The number of nitrogens with zero attached hydrogens (tertiary/aromatic N) is 2. The summed E-state index contributed by atoms with van der Waals surface area (Å²) in [6, 6.07) is 8.41. The number of hydrogen-bond donors (Lipinski definition) is 2. The number of aromatic hydroxyl groups is 2. The van der Waals surface area contributed by atoms with Gasteiger partial charge in [-0.15, -0.1) is 0 Å². The van der Waals surface area contributed by atoms with Crippen LogP contribution in [0, 0.1) is 0 Å². The Balaban J connectivity index is 0. The number of aliphatic imine (C=N–C) groups is 2. The Morgan fingerprint density at radius 2 is 0.932 bits per heavy atom. The van der Waals surface area contributed by atoms with E-state index in [-0.39, 0.29) is 23.4 Å². The average Bonchev–Trinajstić information content (AvgIpc) is 2.95. The summed E-state index contributed by atoms with van der Waals surface area (Å²) in [5.74, 6) is -1.48. The van der Waals surface area contributed by atoms with Gasteiger partial charge in [0.25, 0.3) is 0 Å². The van der Waals surface area contributed by atoms with Gasteiger partial charge in [-0.2, -0.15) is 0 Å². The van der Waals surface area contributed by atoms with Crippen molar-refractivity contribution in [3.63, 3.8) is 0 Å². The Labute approximate surface area is 275 Å². The van der Waals surface area contributed by atoms with Crippen LogP contribution in [-0.4, -0.2) is 41.2 Å². The van der Waals surface area contributed by atoms with Crippen LogP contribution in [0.1, 0.15) is 126 Å². The molecule has 0 fully saturated rings. The van der Waals surface area contributed by atoms with Gasteiger partial charge in [-0.05, 0) is 99.6 Å². The number of unbranched alkanes of at least 4 members (excludes halogenated alkanes) is 4. The molecule has 1 radical (unpaired) electrons. The Morgan fingerprint density at radius 3 is 1.23 bits per heavy atom. The predicted molar refractivity (Wildman–Crippen MR) is 172 cm³/mol. The fraction of sp³-hybridized carbons (Fsp3) is 0.543. The molecule has 0 aliphatic rings. The maximum absolute atomic E-state index is 10.8. The Morgan fingerprint density at radius 1 is 0.636 bits per heavy atom. The van der Waals surface area contributed by atoms with Crippen LogP contribution >= 0.6 is 0 Å². The number of benzene rings is 2. The molecule has 0 aliphatic heterocycles. The molecule has 44 heavy (non-hydrogen) atoms. The van der Waals surface area contributed by atoms with Gasteiger partial charge in [-0.1, -0.05) is 65.5 Å². The molecule has 8 nitrogen and oxygen atoms in total. The quantitative estimate of drug-likeness (QED) is 0.229. The molecule has 0 heterocycles. The maximum atomic E-state index is 10.8. The molecule has 0 saturated heterocycles. The minimum Gasteiger partial charge on any atom is -0.550 e. The van der Waals surface area contributed by atoms with Gasteiger partial charge in [-0.3, -0.25) is 9.98 Å². The van der Waals surface area contributed by atoms with Gasteiger partial charge in [0, 0.05) is 35.5 Å². The molecule has 0 atom stereocenters. The van der Waals surface area contributed by atoms with Crippen molar-refractivity contribution >= 4 is 24.4 Å². The van der Waals surface area contributed by atoms with Crippen LogP contribution in [0.4, 0.5) is 0 Å². The van der Waals surface area contributed by atoms with E-state index < -0.39 is 11.9 Å². The summed E-state index contributed by atoms with van der Waals surface area (Å²) in [5.41, 5.74) is 6.08. The number of carbonyl (C=O) groups excluding carboxylic acids is 2. The zero-order chi connectivity index (χ0) is 32.6. The second-order valence-electron chi connectivity index (χ2n) is 10.5. The first-order valence-electron chi connectivity index (χ1n) is 15.5. The van der Waals surface area contributed by atoms with Gasteiger partial charge >= 0.3 is 16.8 Å². The van der Waals surface area contributed by atoms with Crippen molar-refractivity contribution in [3.8, 4) is 11.5 Å². The van der Waals surface area contributed by atoms with Crippen molar-refractivity contribution in [3.05, 3.63) is 57.6 Å². The standard InChI is InChI=1S/C31H46N2O2.2C2H4O2.Co/c1-5-9-13-24-17-26(15-11-7-3)30(34)28(19-24)21-32-23-33-22-29-20-25(14-10-6-2)18-27(31(29)35)16-12-8-4;2*1-2(3)4;/h17-22,34-35H,5-16,23H2,1-4H3;2*1H3,(H,3,4);/q;;;+2/p-2. The van der Waals surface area contributed by atoms with E-state index in [1.54, 1.807) is 12.4 Å². The first kappa shape index (κ1) is 43.0. The molecule has 0 aromatic heterocycles. The summed E-state index contributed by atoms with van der Waals surface area (Å²) >= 11 is 0. The minimum absolute atomic E-state index is 0. The number of phenols is 2. The third-order valence-corrected chi connectivity index (χ3v) is 6.42. The second kappa shape index (κ2) is 26.2. The third-order valence-electron chi connectivity index (χ3n) is 6.42. The molecular formula is C35H52CoN2O6. The molecule has 0 spiro atoms. The van der Waals surface area contributed by atoms with E-state index in [0.29, 0.717) is 11.5 Å². The molecule has 2 N–H and O–H groups in total. The number of phenolic OH excluding ortho intramolecular Hbond substituents is 2. The summed E-state index contributed by atoms with van der Waals surface area (Å²) in [4.78, 5) is 26.7. The maximum Gasteiger partial charge on any atom is 2.00 e. The molecule has 0 bridgehead atoms. The average molecular weight is 656 g/mol. The topological polar surface area (TPSA) is 145 Å². The van der Waals surface area contributed by atoms with E-state index in [4.69, 9.17) is 19.8 Å². The van der Waals surface area contributed by atoms with E-state index in [1.807, 2.05) is 0 Å². The van der Waals surface area contributed by atoms with Crippen molar-refractivity contribution in [1.29, 1.82) is 0 Å². The van der Waals surface area contributed by atoms with E-state index in [2.05, 4.69) is 61.9 Å². The van der Waals surface area contributed by atoms with Crippen molar-refractivity contribution < 1.29 is 46.8 Å². The number of aryl methyl sites for hydroxylation is 4. The summed E-state index contributed by atoms with van der Waals surface area (Å²) in [6.07, 6.45) is 16.2. The number of carboxylic acid groups (broad SMARTS) is 2. The first-order valence-corrected chi connectivity index (χ1v) is 15.5. The fourth-order valence-electron chi connectivity index (χ4n) is 4.26. The van der Waals surface area contributed by atoms with E-state index in [1.165, 1.54) is 11.1 Å². The molecule has 2 rings (SSSR count).